The van der Waals surface area contributed by atoms with Crippen molar-refractivity contribution in [2.45, 2.75) is 51.2 Å². The van der Waals surface area contributed by atoms with E-state index >= 15 is 0 Å². The van der Waals surface area contributed by atoms with E-state index < -0.39 is 0 Å². The first-order chi connectivity index (χ1) is 8.35. The van der Waals surface area contributed by atoms with Gasteiger partial charge in [-0.15, -0.1) is 0 Å². The van der Waals surface area contributed by atoms with Gasteiger partial charge in [0, 0.05) is 19.7 Å². The summed E-state index contributed by atoms with van der Waals surface area (Å²) in [6, 6.07) is 0.831. The first-order valence-electron chi connectivity index (χ1n) is 7.32. The maximum atomic E-state index is 5.52. The van der Waals surface area contributed by atoms with Crippen LogP contribution in [0.2, 0.25) is 0 Å². The number of methoxy groups -OCH3 is 1. The molecular weight excluding hydrogens is 212 g/mol. The van der Waals surface area contributed by atoms with Gasteiger partial charge in [0.25, 0.3) is 0 Å². The third-order valence-corrected chi connectivity index (χ3v) is 4.42. The molecule has 0 aromatic rings. The summed E-state index contributed by atoms with van der Waals surface area (Å²) in [6.07, 6.45) is 7.09. The van der Waals surface area contributed by atoms with Crippen LogP contribution in [-0.4, -0.2) is 50.3 Å². The molecule has 0 aromatic heterocycles. The van der Waals surface area contributed by atoms with Gasteiger partial charge in [0.2, 0.25) is 0 Å². The molecular formula is C14H28N2O. The number of nitrogens with zero attached hydrogens (tertiary/aromatic N) is 1. The first-order valence-corrected chi connectivity index (χ1v) is 7.32. The van der Waals surface area contributed by atoms with E-state index in [1.165, 1.54) is 51.7 Å². The van der Waals surface area contributed by atoms with Gasteiger partial charge < -0.3 is 10.1 Å². The second kappa shape index (κ2) is 6.72. The average molecular weight is 240 g/mol. The van der Waals surface area contributed by atoms with Crippen molar-refractivity contribution in [3.05, 3.63) is 0 Å². The lowest BCUT2D eigenvalue weighted by atomic mass is 9.77. The lowest BCUT2D eigenvalue weighted by Gasteiger charge is -2.47. The number of nitrogens with one attached hydrogen (secondary N) is 1. The number of rotatable bonds is 6. The number of hydrogen-bond acceptors (Lipinski definition) is 3. The Bertz CT molecular complexity index is 222. The maximum Gasteiger partial charge on any atom is 0.0698 e. The Morgan fingerprint density at radius 3 is 2.82 bits per heavy atom. The van der Waals surface area contributed by atoms with Gasteiger partial charge in [0.05, 0.1) is 6.10 Å². The average Bonchev–Trinajstić information content (AvgIpc) is 2.33. The van der Waals surface area contributed by atoms with Gasteiger partial charge in [-0.2, -0.15) is 0 Å². The van der Waals surface area contributed by atoms with Crippen molar-refractivity contribution in [1.29, 1.82) is 0 Å². The molecule has 0 bridgehead atoms. The van der Waals surface area contributed by atoms with Crippen molar-refractivity contribution in [2.24, 2.45) is 5.92 Å². The fraction of sp³-hybridized carbons (Fsp3) is 1.00. The Morgan fingerprint density at radius 2 is 2.18 bits per heavy atom. The maximum absolute atomic E-state index is 5.52. The van der Waals surface area contributed by atoms with Crippen molar-refractivity contribution in [1.82, 2.24) is 10.2 Å². The van der Waals surface area contributed by atoms with E-state index in [1.54, 1.807) is 0 Å². The SMILES string of the molecule is CCCNCC1CCC1N1CCCC(OC)C1. The van der Waals surface area contributed by atoms with Crippen molar-refractivity contribution in [3.8, 4) is 0 Å². The third kappa shape index (κ3) is 3.43. The van der Waals surface area contributed by atoms with E-state index in [9.17, 15) is 0 Å². The molecule has 100 valence electrons. The normalized spacial score (nSPS) is 34.6. The molecule has 2 rings (SSSR count). The zero-order valence-corrected chi connectivity index (χ0v) is 11.5. The molecule has 1 aliphatic heterocycles. The van der Waals surface area contributed by atoms with Gasteiger partial charge in [-0.25, -0.2) is 0 Å². The highest BCUT2D eigenvalue weighted by molar-refractivity contribution is 4.92. The van der Waals surface area contributed by atoms with Crippen LogP contribution in [0.4, 0.5) is 0 Å². The van der Waals surface area contributed by atoms with Gasteiger partial charge in [0.15, 0.2) is 0 Å². The van der Waals surface area contributed by atoms with Gasteiger partial charge in [-0.1, -0.05) is 6.92 Å². The van der Waals surface area contributed by atoms with Crippen LogP contribution in [0.25, 0.3) is 0 Å². The summed E-state index contributed by atoms with van der Waals surface area (Å²) in [5.41, 5.74) is 0. The number of ether oxygens (including phenoxy) is 1. The van der Waals surface area contributed by atoms with Crippen molar-refractivity contribution in [3.63, 3.8) is 0 Å². The van der Waals surface area contributed by atoms with Gasteiger partial charge >= 0.3 is 0 Å². The summed E-state index contributed by atoms with van der Waals surface area (Å²) >= 11 is 0. The molecule has 0 spiro atoms. The largest absolute Gasteiger partial charge is 0.380 e. The summed E-state index contributed by atoms with van der Waals surface area (Å²) in [7, 11) is 1.86. The highest BCUT2D eigenvalue weighted by Crippen LogP contribution is 2.33. The topological polar surface area (TPSA) is 24.5 Å². The molecule has 1 heterocycles. The molecule has 3 nitrogen and oxygen atoms in total. The molecule has 1 aliphatic carbocycles. The Balaban J connectivity index is 1.73. The Labute approximate surface area is 106 Å². The van der Waals surface area contributed by atoms with Crippen LogP contribution in [0, 0.1) is 5.92 Å². The minimum absolute atomic E-state index is 0.480. The van der Waals surface area contributed by atoms with Crippen LogP contribution in [-0.2, 0) is 4.74 Å². The van der Waals surface area contributed by atoms with Gasteiger partial charge in [-0.3, -0.25) is 4.90 Å². The lowest BCUT2D eigenvalue weighted by molar-refractivity contribution is -0.0223. The van der Waals surface area contributed by atoms with Crippen molar-refractivity contribution >= 4 is 0 Å². The minimum atomic E-state index is 0.480. The van der Waals surface area contributed by atoms with E-state index in [0.29, 0.717) is 6.10 Å². The Kier molecular flexibility index (Phi) is 5.26. The second-order valence-electron chi connectivity index (χ2n) is 5.60. The molecule has 1 N–H and O–H groups in total. The molecule has 2 fully saturated rings. The van der Waals surface area contributed by atoms with Crippen molar-refractivity contribution < 1.29 is 4.74 Å². The lowest BCUT2D eigenvalue weighted by Crippen LogP contribution is -2.54. The molecule has 0 radical (unpaired) electrons. The van der Waals surface area contributed by atoms with E-state index in [2.05, 4.69) is 17.1 Å². The monoisotopic (exact) mass is 240 g/mol. The summed E-state index contributed by atoms with van der Waals surface area (Å²) in [5.74, 6) is 0.886. The predicted octanol–water partition coefficient (Wildman–Crippen LogP) is 1.88. The van der Waals surface area contributed by atoms with Crippen LogP contribution in [0.1, 0.15) is 39.0 Å². The highest BCUT2D eigenvalue weighted by Gasteiger charge is 2.36. The first kappa shape index (κ1) is 13.3. The summed E-state index contributed by atoms with van der Waals surface area (Å²) in [5, 5.41) is 3.57. The van der Waals surface area contributed by atoms with E-state index in [0.717, 1.165) is 18.5 Å². The van der Waals surface area contributed by atoms with Crippen LogP contribution in [0.15, 0.2) is 0 Å². The standard InChI is InChI=1S/C14H28N2O/c1-3-8-15-10-12-6-7-14(12)16-9-4-5-13(11-16)17-2/h12-15H,3-11H2,1-2H3. The van der Waals surface area contributed by atoms with Crippen LogP contribution < -0.4 is 5.32 Å². The summed E-state index contributed by atoms with van der Waals surface area (Å²) in [4.78, 5) is 2.68. The second-order valence-corrected chi connectivity index (χ2v) is 5.60. The number of likely N-dealkylation sites (tertiary alicyclic amines) is 1. The molecule has 0 aromatic carbocycles. The molecule has 1 saturated carbocycles. The van der Waals surface area contributed by atoms with E-state index in [4.69, 9.17) is 4.74 Å². The zero-order valence-electron chi connectivity index (χ0n) is 11.5. The van der Waals surface area contributed by atoms with E-state index in [1.807, 2.05) is 7.11 Å². The zero-order chi connectivity index (χ0) is 12.1. The molecule has 3 atom stereocenters. The smallest absolute Gasteiger partial charge is 0.0698 e. The molecule has 2 aliphatic rings. The molecule has 3 unspecified atom stereocenters. The summed E-state index contributed by atoms with van der Waals surface area (Å²) < 4.78 is 5.52. The van der Waals surface area contributed by atoms with Crippen LogP contribution in [0.5, 0.6) is 0 Å². The number of piperidine rings is 1. The Hall–Kier alpha value is -0.120. The van der Waals surface area contributed by atoms with Crippen molar-refractivity contribution in [2.75, 3.05) is 33.3 Å². The number of hydrogen-bond donors (Lipinski definition) is 1. The van der Waals surface area contributed by atoms with Gasteiger partial charge in [-0.05, 0) is 57.7 Å². The fourth-order valence-corrected chi connectivity index (χ4v) is 3.19. The molecule has 1 saturated heterocycles. The summed E-state index contributed by atoms with van der Waals surface area (Å²) in [6.45, 7) is 7.07. The predicted molar refractivity (Wildman–Crippen MR) is 71.3 cm³/mol. The highest BCUT2D eigenvalue weighted by atomic mass is 16.5. The third-order valence-electron chi connectivity index (χ3n) is 4.42. The minimum Gasteiger partial charge on any atom is -0.380 e. The van der Waals surface area contributed by atoms with Crippen LogP contribution >= 0.6 is 0 Å². The van der Waals surface area contributed by atoms with Crippen LogP contribution in [0.3, 0.4) is 0 Å². The van der Waals surface area contributed by atoms with Gasteiger partial charge in [0.1, 0.15) is 0 Å². The molecule has 3 heteroatoms. The molecule has 0 amide bonds. The quantitative estimate of drug-likeness (QED) is 0.717. The fourth-order valence-electron chi connectivity index (χ4n) is 3.19. The Morgan fingerprint density at radius 1 is 1.29 bits per heavy atom. The van der Waals surface area contributed by atoms with E-state index in [-0.39, 0.29) is 0 Å². The molecule has 17 heavy (non-hydrogen) atoms.